The maximum Gasteiger partial charge on any atom is 0.325 e. The number of likely N-dealkylation sites (tertiary alicyclic amines) is 1. The fourth-order valence-electron chi connectivity index (χ4n) is 4.99. The van der Waals surface area contributed by atoms with Crippen molar-refractivity contribution >= 4 is 29.6 Å². The molecule has 1 spiro atoms. The second-order valence-corrected chi connectivity index (χ2v) is 9.06. The van der Waals surface area contributed by atoms with Crippen LogP contribution >= 0.6 is 11.8 Å². The van der Waals surface area contributed by atoms with E-state index in [0.717, 1.165) is 48.0 Å². The molecule has 3 atom stereocenters. The van der Waals surface area contributed by atoms with Gasteiger partial charge >= 0.3 is 6.03 Å². The summed E-state index contributed by atoms with van der Waals surface area (Å²) in [6.07, 6.45) is 7.13. The van der Waals surface area contributed by atoms with Crippen LogP contribution in [0.1, 0.15) is 57.3 Å². The van der Waals surface area contributed by atoms with Crippen LogP contribution < -0.4 is 5.32 Å². The van der Waals surface area contributed by atoms with Gasteiger partial charge in [-0.25, -0.2) is 4.79 Å². The number of hydrogen-bond acceptors (Lipinski definition) is 6. The smallest absolute Gasteiger partial charge is 0.325 e. The molecule has 1 aromatic rings. The van der Waals surface area contributed by atoms with Crippen LogP contribution in [-0.2, 0) is 16.6 Å². The summed E-state index contributed by atoms with van der Waals surface area (Å²) in [6.45, 7) is 2.38. The molecule has 0 bridgehead atoms. The molecule has 1 N–H and O–H groups in total. The third-order valence-electron chi connectivity index (χ3n) is 6.72. The standard InChI is InChI=1S/C19H28N6O3S/c1-12-7-4-5-9-19(12)16(27)25(17(28)20-19)11-14(26)24-10-6-8-13(24)15-21-22-18(29-3)23(15)2/h12-13H,4-11H2,1-3H3,(H,20,28)/t12-,13-,19-/m0/s1. The Morgan fingerprint density at radius 2 is 2.03 bits per heavy atom. The van der Waals surface area contributed by atoms with Crippen molar-refractivity contribution in [1.29, 1.82) is 0 Å². The molecule has 4 rings (SSSR count). The molecule has 10 heteroatoms. The predicted octanol–water partition coefficient (Wildman–Crippen LogP) is 1.70. The maximum atomic E-state index is 13.1. The van der Waals surface area contributed by atoms with Crippen molar-refractivity contribution in [2.75, 3.05) is 19.3 Å². The minimum atomic E-state index is -0.836. The van der Waals surface area contributed by atoms with Crippen LogP contribution in [0.25, 0.3) is 0 Å². The zero-order valence-electron chi connectivity index (χ0n) is 17.2. The Kier molecular flexibility index (Phi) is 5.30. The number of carbonyl (C=O) groups is 3. The molecule has 1 aliphatic carbocycles. The van der Waals surface area contributed by atoms with E-state index in [1.165, 1.54) is 11.8 Å². The molecule has 2 aliphatic heterocycles. The SMILES string of the molecule is CSc1nnc([C@@H]2CCCN2C(=O)CN2C(=O)N[C@]3(CCCC[C@@H]3C)C2=O)n1C. The van der Waals surface area contributed by atoms with E-state index in [-0.39, 0.29) is 30.3 Å². The lowest BCUT2D eigenvalue weighted by Crippen LogP contribution is -2.54. The van der Waals surface area contributed by atoms with Crippen LogP contribution in [0.15, 0.2) is 5.16 Å². The van der Waals surface area contributed by atoms with Gasteiger partial charge in [0.2, 0.25) is 5.91 Å². The summed E-state index contributed by atoms with van der Waals surface area (Å²) >= 11 is 1.50. The highest BCUT2D eigenvalue weighted by molar-refractivity contribution is 7.98. The molecule has 2 saturated heterocycles. The van der Waals surface area contributed by atoms with Gasteiger partial charge in [0.05, 0.1) is 6.04 Å². The fraction of sp³-hybridized carbons (Fsp3) is 0.737. The van der Waals surface area contributed by atoms with Crippen LogP contribution in [0.5, 0.6) is 0 Å². The molecule has 1 aromatic heterocycles. The lowest BCUT2D eigenvalue weighted by molar-refractivity contribution is -0.141. The van der Waals surface area contributed by atoms with E-state index in [2.05, 4.69) is 15.5 Å². The molecule has 3 heterocycles. The molecule has 1 saturated carbocycles. The second-order valence-electron chi connectivity index (χ2n) is 8.29. The molecular weight excluding hydrogens is 392 g/mol. The van der Waals surface area contributed by atoms with Gasteiger partial charge in [-0.05, 0) is 37.9 Å². The summed E-state index contributed by atoms with van der Waals surface area (Å²) in [5.74, 6) is 0.359. The highest BCUT2D eigenvalue weighted by Crippen LogP contribution is 2.38. The largest absolute Gasteiger partial charge is 0.331 e. The molecule has 158 valence electrons. The lowest BCUT2D eigenvalue weighted by Gasteiger charge is -2.36. The van der Waals surface area contributed by atoms with Gasteiger partial charge in [0.1, 0.15) is 12.1 Å². The van der Waals surface area contributed by atoms with Crippen molar-refractivity contribution in [3.63, 3.8) is 0 Å². The quantitative estimate of drug-likeness (QED) is 0.588. The van der Waals surface area contributed by atoms with E-state index in [4.69, 9.17) is 0 Å². The van der Waals surface area contributed by atoms with E-state index >= 15 is 0 Å². The average molecular weight is 421 g/mol. The lowest BCUT2D eigenvalue weighted by atomic mass is 9.73. The molecule has 3 fully saturated rings. The van der Waals surface area contributed by atoms with Crippen molar-refractivity contribution in [3.8, 4) is 0 Å². The number of nitrogens with one attached hydrogen (secondary N) is 1. The Morgan fingerprint density at radius 3 is 2.72 bits per heavy atom. The number of nitrogens with zero attached hydrogens (tertiary/aromatic N) is 5. The Hall–Kier alpha value is -2.10. The summed E-state index contributed by atoms with van der Waals surface area (Å²) in [5.41, 5.74) is -0.836. The third-order valence-corrected chi connectivity index (χ3v) is 7.44. The monoisotopic (exact) mass is 420 g/mol. The van der Waals surface area contributed by atoms with Crippen LogP contribution in [0.4, 0.5) is 4.79 Å². The van der Waals surface area contributed by atoms with Crippen LogP contribution in [0.3, 0.4) is 0 Å². The molecule has 0 radical (unpaired) electrons. The van der Waals surface area contributed by atoms with Gasteiger partial charge < -0.3 is 14.8 Å². The van der Waals surface area contributed by atoms with Gasteiger partial charge in [0, 0.05) is 13.6 Å². The summed E-state index contributed by atoms with van der Waals surface area (Å²) in [4.78, 5) is 41.7. The number of urea groups is 1. The number of hydrogen-bond donors (Lipinski definition) is 1. The van der Waals surface area contributed by atoms with Gasteiger partial charge in [0.15, 0.2) is 11.0 Å². The Morgan fingerprint density at radius 1 is 1.24 bits per heavy atom. The summed E-state index contributed by atoms with van der Waals surface area (Å²) in [6, 6.07) is -0.625. The molecule has 3 aliphatic rings. The Bertz CT molecular complexity index is 842. The molecule has 4 amide bonds. The zero-order valence-corrected chi connectivity index (χ0v) is 18.0. The number of rotatable bonds is 4. The minimum absolute atomic E-state index is 0.0796. The average Bonchev–Trinajstić information content (AvgIpc) is 3.38. The first-order valence-electron chi connectivity index (χ1n) is 10.3. The summed E-state index contributed by atoms with van der Waals surface area (Å²) < 4.78 is 1.91. The van der Waals surface area contributed by atoms with E-state index in [1.54, 1.807) is 4.90 Å². The molecule has 9 nitrogen and oxygen atoms in total. The topological polar surface area (TPSA) is 100 Å². The Balaban J connectivity index is 1.50. The Labute approximate surface area is 174 Å². The van der Waals surface area contributed by atoms with Crippen LogP contribution in [0.2, 0.25) is 0 Å². The molecule has 0 aromatic carbocycles. The third kappa shape index (κ3) is 3.21. The van der Waals surface area contributed by atoms with Crippen molar-refractivity contribution in [3.05, 3.63) is 5.82 Å². The van der Waals surface area contributed by atoms with Crippen molar-refractivity contribution < 1.29 is 14.4 Å². The van der Waals surface area contributed by atoms with Crippen molar-refractivity contribution in [2.45, 2.75) is 62.2 Å². The maximum absolute atomic E-state index is 13.1. The molecule has 29 heavy (non-hydrogen) atoms. The first kappa shape index (κ1) is 20.2. The van der Waals surface area contributed by atoms with Crippen molar-refractivity contribution in [2.24, 2.45) is 13.0 Å². The molecule has 0 unspecified atom stereocenters. The first-order valence-corrected chi connectivity index (χ1v) is 11.5. The van der Waals surface area contributed by atoms with Gasteiger partial charge in [-0.1, -0.05) is 31.5 Å². The van der Waals surface area contributed by atoms with Gasteiger partial charge in [0.25, 0.3) is 5.91 Å². The highest BCUT2D eigenvalue weighted by atomic mass is 32.2. The van der Waals surface area contributed by atoms with Crippen molar-refractivity contribution in [1.82, 2.24) is 29.9 Å². The van der Waals surface area contributed by atoms with E-state index in [1.807, 2.05) is 24.8 Å². The fourth-order valence-corrected chi connectivity index (χ4v) is 5.48. The van der Waals surface area contributed by atoms with Gasteiger partial charge in [-0.3, -0.25) is 14.5 Å². The number of thioether (sulfide) groups is 1. The summed E-state index contributed by atoms with van der Waals surface area (Å²) in [7, 11) is 1.90. The second kappa shape index (κ2) is 7.62. The number of carbonyl (C=O) groups excluding carboxylic acids is 3. The number of imide groups is 1. The highest BCUT2D eigenvalue weighted by Gasteiger charge is 2.55. The van der Waals surface area contributed by atoms with Gasteiger partial charge in [-0.2, -0.15) is 0 Å². The van der Waals surface area contributed by atoms with E-state index in [9.17, 15) is 14.4 Å². The normalized spacial score (nSPS) is 29.8. The van der Waals surface area contributed by atoms with Crippen LogP contribution in [0, 0.1) is 5.92 Å². The first-order chi connectivity index (χ1) is 13.9. The summed E-state index contributed by atoms with van der Waals surface area (Å²) in [5, 5.41) is 12.2. The van der Waals surface area contributed by atoms with E-state index < -0.39 is 11.6 Å². The minimum Gasteiger partial charge on any atom is -0.331 e. The zero-order chi connectivity index (χ0) is 20.8. The molecular formula is C19H28N6O3S. The van der Waals surface area contributed by atoms with E-state index in [0.29, 0.717) is 13.0 Å². The van der Waals surface area contributed by atoms with Crippen LogP contribution in [-0.4, -0.2) is 67.3 Å². The predicted molar refractivity (Wildman–Crippen MR) is 107 cm³/mol. The van der Waals surface area contributed by atoms with Gasteiger partial charge in [-0.15, -0.1) is 10.2 Å². The number of aromatic nitrogens is 3. The number of amides is 4.